The third kappa shape index (κ3) is 2.47. The molecule has 104 valence electrons. The van der Waals surface area contributed by atoms with Gasteiger partial charge in [0.1, 0.15) is 18.5 Å². The molecule has 1 aliphatic rings. The third-order valence-corrected chi connectivity index (χ3v) is 3.64. The van der Waals surface area contributed by atoms with Gasteiger partial charge >= 0.3 is 0 Å². The van der Waals surface area contributed by atoms with Gasteiger partial charge in [0.15, 0.2) is 0 Å². The van der Waals surface area contributed by atoms with Crippen LogP contribution >= 0.6 is 0 Å². The summed E-state index contributed by atoms with van der Waals surface area (Å²) in [5.41, 5.74) is 6.11. The molecule has 20 heavy (non-hydrogen) atoms. The van der Waals surface area contributed by atoms with Crippen LogP contribution in [0, 0.1) is 0 Å². The van der Waals surface area contributed by atoms with Crippen LogP contribution in [-0.2, 0) is 0 Å². The van der Waals surface area contributed by atoms with E-state index >= 15 is 0 Å². The monoisotopic (exact) mass is 272 g/mol. The van der Waals surface area contributed by atoms with Crippen LogP contribution in [0.3, 0.4) is 0 Å². The lowest BCUT2D eigenvalue weighted by Crippen LogP contribution is -2.39. The van der Waals surface area contributed by atoms with Gasteiger partial charge in [0, 0.05) is 25.3 Å². The fourth-order valence-electron chi connectivity index (χ4n) is 2.48. The van der Waals surface area contributed by atoms with E-state index in [1.807, 2.05) is 9.47 Å². The van der Waals surface area contributed by atoms with Crippen molar-refractivity contribution < 1.29 is 4.79 Å². The fourth-order valence-corrected chi connectivity index (χ4v) is 2.48. The predicted molar refractivity (Wildman–Crippen MR) is 72.8 cm³/mol. The number of likely N-dealkylation sites (tertiary alicyclic amines) is 1. The highest BCUT2D eigenvalue weighted by Crippen LogP contribution is 2.22. The molecule has 1 aliphatic heterocycles. The van der Waals surface area contributed by atoms with Crippen LogP contribution in [0.1, 0.15) is 29.2 Å². The van der Waals surface area contributed by atoms with Gasteiger partial charge in [-0.3, -0.25) is 4.79 Å². The fraction of sp³-hybridized carbons (Fsp3) is 0.385. The molecule has 3 rings (SSSR count). The summed E-state index contributed by atoms with van der Waals surface area (Å²) in [6.45, 7) is 1.46. The van der Waals surface area contributed by atoms with Crippen molar-refractivity contribution in [3.8, 4) is 0 Å². The normalized spacial score (nSPS) is 16.3. The average molecular weight is 272 g/mol. The molecule has 1 fully saturated rings. The molecular formula is C13H16N6O. The minimum atomic E-state index is 0.0136. The Morgan fingerprint density at radius 2 is 1.90 bits per heavy atom. The minimum absolute atomic E-state index is 0.0136. The lowest BCUT2D eigenvalue weighted by atomic mass is 10.0. The molecule has 0 bridgehead atoms. The lowest BCUT2D eigenvalue weighted by molar-refractivity contribution is 0.0694. The molecule has 7 nitrogen and oxygen atoms in total. The summed E-state index contributed by atoms with van der Waals surface area (Å²) in [6.07, 6.45) is 6.81. The molecule has 0 radical (unpaired) electrons. The van der Waals surface area contributed by atoms with Crippen LogP contribution < -0.4 is 5.73 Å². The standard InChI is InChI=1S/C13H16N6O/c14-12-2-1-10(7-15-12)13(20)18-5-3-11(4-6-18)19-8-16-17-9-19/h1-2,7-9,11H,3-6H2,(H2,14,15). The molecule has 2 aromatic heterocycles. The highest BCUT2D eigenvalue weighted by Gasteiger charge is 2.24. The van der Waals surface area contributed by atoms with Crippen molar-refractivity contribution in [3.05, 3.63) is 36.5 Å². The summed E-state index contributed by atoms with van der Waals surface area (Å²) in [6, 6.07) is 3.74. The summed E-state index contributed by atoms with van der Waals surface area (Å²) in [5, 5.41) is 7.64. The lowest BCUT2D eigenvalue weighted by Gasteiger charge is -2.32. The number of hydrogen-bond acceptors (Lipinski definition) is 5. The number of anilines is 1. The zero-order valence-corrected chi connectivity index (χ0v) is 11.0. The molecule has 1 saturated heterocycles. The van der Waals surface area contributed by atoms with E-state index in [-0.39, 0.29) is 5.91 Å². The van der Waals surface area contributed by atoms with E-state index in [1.54, 1.807) is 24.8 Å². The highest BCUT2D eigenvalue weighted by molar-refractivity contribution is 5.94. The first kappa shape index (κ1) is 12.6. The van der Waals surface area contributed by atoms with Crippen molar-refractivity contribution in [2.24, 2.45) is 0 Å². The molecule has 7 heteroatoms. The maximum absolute atomic E-state index is 12.3. The Balaban J connectivity index is 1.63. The Hall–Kier alpha value is -2.44. The molecule has 0 aromatic carbocycles. The van der Waals surface area contributed by atoms with E-state index in [9.17, 15) is 4.79 Å². The van der Waals surface area contributed by atoms with E-state index in [0.717, 1.165) is 25.9 Å². The first-order valence-corrected chi connectivity index (χ1v) is 6.59. The molecule has 0 atom stereocenters. The molecule has 0 saturated carbocycles. The van der Waals surface area contributed by atoms with Gasteiger partial charge < -0.3 is 15.2 Å². The van der Waals surface area contributed by atoms with Crippen LogP contribution in [0.15, 0.2) is 31.0 Å². The second-order valence-corrected chi connectivity index (χ2v) is 4.90. The van der Waals surface area contributed by atoms with E-state index in [0.29, 0.717) is 17.4 Å². The van der Waals surface area contributed by atoms with Crippen molar-refractivity contribution in [1.82, 2.24) is 24.6 Å². The summed E-state index contributed by atoms with van der Waals surface area (Å²) in [5.74, 6) is 0.438. The molecule has 3 heterocycles. The van der Waals surface area contributed by atoms with Crippen molar-refractivity contribution in [1.29, 1.82) is 0 Å². The van der Waals surface area contributed by atoms with Crippen LogP contribution in [-0.4, -0.2) is 43.6 Å². The predicted octanol–water partition coefficient (Wildman–Crippen LogP) is 0.733. The first-order valence-electron chi connectivity index (χ1n) is 6.59. The summed E-state index contributed by atoms with van der Waals surface area (Å²) in [7, 11) is 0. The van der Waals surface area contributed by atoms with Crippen molar-refractivity contribution in [3.63, 3.8) is 0 Å². The summed E-state index contributed by atoms with van der Waals surface area (Å²) < 4.78 is 2.01. The molecule has 0 unspecified atom stereocenters. The summed E-state index contributed by atoms with van der Waals surface area (Å²) in [4.78, 5) is 18.1. The number of rotatable bonds is 2. The van der Waals surface area contributed by atoms with Gasteiger partial charge in [-0.2, -0.15) is 0 Å². The van der Waals surface area contributed by atoms with Crippen molar-refractivity contribution in [2.45, 2.75) is 18.9 Å². The maximum Gasteiger partial charge on any atom is 0.255 e. The second kappa shape index (κ2) is 5.28. The van der Waals surface area contributed by atoms with E-state index < -0.39 is 0 Å². The van der Waals surface area contributed by atoms with E-state index in [4.69, 9.17) is 5.73 Å². The number of nitrogen functional groups attached to an aromatic ring is 1. The number of pyridine rings is 1. The van der Waals surface area contributed by atoms with Gasteiger partial charge in [-0.25, -0.2) is 4.98 Å². The Labute approximate surface area is 116 Å². The number of amides is 1. The van der Waals surface area contributed by atoms with Crippen LogP contribution in [0.4, 0.5) is 5.82 Å². The van der Waals surface area contributed by atoms with E-state index in [1.165, 1.54) is 6.20 Å². The van der Waals surface area contributed by atoms with Crippen LogP contribution in [0.2, 0.25) is 0 Å². The number of piperidine rings is 1. The number of carbonyl (C=O) groups is 1. The topological polar surface area (TPSA) is 89.9 Å². The quantitative estimate of drug-likeness (QED) is 0.870. The Kier molecular flexibility index (Phi) is 3.32. The van der Waals surface area contributed by atoms with Crippen molar-refractivity contribution >= 4 is 11.7 Å². The molecular weight excluding hydrogens is 256 g/mol. The number of hydrogen-bond donors (Lipinski definition) is 1. The largest absolute Gasteiger partial charge is 0.384 e. The zero-order chi connectivity index (χ0) is 13.9. The minimum Gasteiger partial charge on any atom is -0.384 e. The first-order chi connectivity index (χ1) is 9.74. The Morgan fingerprint density at radius 3 is 2.50 bits per heavy atom. The number of carbonyl (C=O) groups excluding carboxylic acids is 1. The van der Waals surface area contributed by atoms with Crippen LogP contribution in [0.5, 0.6) is 0 Å². The maximum atomic E-state index is 12.3. The highest BCUT2D eigenvalue weighted by atomic mass is 16.2. The smallest absolute Gasteiger partial charge is 0.255 e. The number of aromatic nitrogens is 4. The van der Waals surface area contributed by atoms with Crippen molar-refractivity contribution in [2.75, 3.05) is 18.8 Å². The zero-order valence-electron chi connectivity index (χ0n) is 11.0. The Bertz CT molecular complexity index is 571. The van der Waals surface area contributed by atoms with Gasteiger partial charge in [-0.15, -0.1) is 10.2 Å². The van der Waals surface area contributed by atoms with Crippen LogP contribution in [0.25, 0.3) is 0 Å². The molecule has 0 spiro atoms. The van der Waals surface area contributed by atoms with E-state index in [2.05, 4.69) is 15.2 Å². The Morgan fingerprint density at radius 1 is 1.20 bits per heavy atom. The second-order valence-electron chi connectivity index (χ2n) is 4.90. The average Bonchev–Trinajstić information content (AvgIpc) is 3.02. The molecule has 1 amide bonds. The molecule has 2 aromatic rings. The summed E-state index contributed by atoms with van der Waals surface area (Å²) >= 11 is 0. The van der Waals surface area contributed by atoms with Gasteiger partial charge in [0.25, 0.3) is 5.91 Å². The third-order valence-electron chi connectivity index (χ3n) is 3.64. The van der Waals surface area contributed by atoms with Gasteiger partial charge in [-0.1, -0.05) is 0 Å². The number of nitrogens with zero attached hydrogens (tertiary/aromatic N) is 5. The molecule has 2 N–H and O–H groups in total. The van der Waals surface area contributed by atoms with Gasteiger partial charge in [-0.05, 0) is 25.0 Å². The van der Waals surface area contributed by atoms with Gasteiger partial charge in [0.2, 0.25) is 0 Å². The molecule has 0 aliphatic carbocycles. The van der Waals surface area contributed by atoms with Gasteiger partial charge in [0.05, 0.1) is 5.56 Å². The SMILES string of the molecule is Nc1ccc(C(=O)N2CCC(n3cnnc3)CC2)cn1. The number of nitrogens with two attached hydrogens (primary N) is 1.